The average molecular weight is 306 g/mol. The largest absolute Gasteiger partial charge is 0.505 e. The highest BCUT2D eigenvalue weighted by molar-refractivity contribution is 6.30. The van der Waals surface area contributed by atoms with Crippen LogP contribution in [0.25, 0.3) is 11.6 Å². The molecule has 7 heteroatoms. The summed E-state index contributed by atoms with van der Waals surface area (Å²) in [6, 6.07) is 7.75. The Morgan fingerprint density at radius 2 is 2.10 bits per heavy atom. The summed E-state index contributed by atoms with van der Waals surface area (Å²) in [5.41, 5.74) is 0.544. The van der Waals surface area contributed by atoms with Crippen molar-refractivity contribution in [1.29, 1.82) is 0 Å². The van der Waals surface area contributed by atoms with Crippen molar-refractivity contribution in [3.8, 4) is 17.3 Å². The van der Waals surface area contributed by atoms with Crippen LogP contribution in [0.3, 0.4) is 0 Å². The van der Waals surface area contributed by atoms with E-state index in [2.05, 4.69) is 15.1 Å². The van der Waals surface area contributed by atoms with Gasteiger partial charge in [-0.25, -0.2) is 9.37 Å². The molecule has 0 aliphatic heterocycles. The van der Waals surface area contributed by atoms with Crippen molar-refractivity contribution < 1.29 is 14.0 Å². The second kappa shape index (κ2) is 5.49. The maximum atomic E-state index is 13.8. The van der Waals surface area contributed by atoms with Crippen molar-refractivity contribution in [3.05, 3.63) is 58.8 Å². The zero-order valence-electron chi connectivity index (χ0n) is 10.6. The fraction of sp³-hybridized carbons (Fsp3) is 0.0714. The quantitative estimate of drug-likeness (QED) is 0.804. The van der Waals surface area contributed by atoms with Crippen molar-refractivity contribution in [3.63, 3.8) is 0 Å². The molecule has 5 nitrogen and oxygen atoms in total. The Balaban J connectivity index is 1.89. The number of aromatic hydroxyl groups is 1. The van der Waals surface area contributed by atoms with Crippen molar-refractivity contribution >= 4 is 11.6 Å². The van der Waals surface area contributed by atoms with Gasteiger partial charge in [-0.15, -0.1) is 0 Å². The number of rotatable bonds is 3. The molecule has 0 saturated heterocycles. The highest BCUT2D eigenvalue weighted by Crippen LogP contribution is 2.25. The lowest BCUT2D eigenvalue weighted by Gasteiger charge is -2.00. The Kier molecular flexibility index (Phi) is 3.53. The minimum Gasteiger partial charge on any atom is -0.505 e. The summed E-state index contributed by atoms with van der Waals surface area (Å²) < 4.78 is 18.8. The summed E-state index contributed by atoms with van der Waals surface area (Å²) in [7, 11) is 0. The molecule has 1 N–H and O–H groups in total. The van der Waals surface area contributed by atoms with Gasteiger partial charge in [0, 0.05) is 12.6 Å². The summed E-state index contributed by atoms with van der Waals surface area (Å²) in [5, 5.41) is 13.5. The lowest BCUT2D eigenvalue weighted by atomic mass is 10.1. The molecule has 3 rings (SSSR count). The highest BCUT2D eigenvalue weighted by Gasteiger charge is 2.15. The molecule has 0 saturated carbocycles. The number of benzene rings is 1. The van der Waals surface area contributed by atoms with E-state index in [4.69, 9.17) is 16.1 Å². The normalized spacial score (nSPS) is 10.8. The van der Waals surface area contributed by atoms with Gasteiger partial charge in [-0.1, -0.05) is 28.9 Å². The average Bonchev–Trinajstić information content (AvgIpc) is 2.93. The summed E-state index contributed by atoms with van der Waals surface area (Å²) in [6.45, 7) is 0. The minimum atomic E-state index is -0.508. The van der Waals surface area contributed by atoms with Gasteiger partial charge in [0.05, 0.1) is 5.02 Å². The van der Waals surface area contributed by atoms with Gasteiger partial charge in [0.15, 0.2) is 11.5 Å². The van der Waals surface area contributed by atoms with Gasteiger partial charge in [0.2, 0.25) is 0 Å². The van der Waals surface area contributed by atoms with E-state index >= 15 is 0 Å². The number of hydrogen-bond donors (Lipinski definition) is 1. The van der Waals surface area contributed by atoms with Crippen molar-refractivity contribution in [1.82, 2.24) is 15.1 Å². The van der Waals surface area contributed by atoms with Crippen molar-refractivity contribution in [2.45, 2.75) is 6.42 Å². The molecule has 0 bridgehead atoms. The van der Waals surface area contributed by atoms with Gasteiger partial charge in [-0.2, -0.15) is 4.98 Å². The van der Waals surface area contributed by atoms with Crippen LogP contribution in [0.4, 0.5) is 4.39 Å². The zero-order valence-corrected chi connectivity index (χ0v) is 11.4. The third-order valence-corrected chi connectivity index (χ3v) is 3.13. The third-order valence-electron chi connectivity index (χ3n) is 2.84. The predicted octanol–water partition coefficient (Wildman–Crippen LogP) is 3.22. The Morgan fingerprint density at radius 1 is 1.24 bits per heavy atom. The van der Waals surface area contributed by atoms with Crippen LogP contribution in [-0.2, 0) is 6.42 Å². The Hall–Kier alpha value is -2.47. The molecule has 1 aromatic carbocycles. The molecule has 0 aliphatic carbocycles. The molecule has 0 atom stereocenters. The number of halogens is 2. The minimum absolute atomic E-state index is 0.0404. The maximum absolute atomic E-state index is 13.8. The molecule has 0 amide bonds. The number of nitrogens with zero attached hydrogens (tertiary/aromatic N) is 3. The predicted molar refractivity (Wildman–Crippen MR) is 73.4 cm³/mol. The van der Waals surface area contributed by atoms with Crippen LogP contribution < -0.4 is 0 Å². The smallest absolute Gasteiger partial charge is 0.280 e. The molecule has 2 aromatic heterocycles. The van der Waals surface area contributed by atoms with Crippen LogP contribution in [0.2, 0.25) is 5.02 Å². The van der Waals surface area contributed by atoms with Crippen LogP contribution >= 0.6 is 11.6 Å². The molecule has 0 radical (unpaired) electrons. The first-order chi connectivity index (χ1) is 10.1. The van der Waals surface area contributed by atoms with Gasteiger partial charge in [-0.05, 0) is 23.8 Å². The van der Waals surface area contributed by atoms with E-state index in [0.29, 0.717) is 5.56 Å². The molecule has 0 unspecified atom stereocenters. The highest BCUT2D eigenvalue weighted by atomic mass is 35.5. The first-order valence-corrected chi connectivity index (χ1v) is 6.43. The monoisotopic (exact) mass is 305 g/mol. The standard InChI is InChI=1S/C14H9ClFN3O2/c15-9-4-1-3-8(12(9)16)7-11-18-14(21-19-11)13-10(20)5-2-6-17-13/h1-6,20H,7H2. The zero-order chi connectivity index (χ0) is 14.8. The van der Waals surface area contributed by atoms with E-state index < -0.39 is 5.82 Å². The lowest BCUT2D eigenvalue weighted by Crippen LogP contribution is -1.95. The van der Waals surface area contributed by atoms with E-state index in [1.807, 2.05) is 0 Å². The fourth-order valence-corrected chi connectivity index (χ4v) is 2.03. The SMILES string of the molecule is Oc1cccnc1-c1nc(Cc2cccc(Cl)c2F)no1. The van der Waals surface area contributed by atoms with Crippen LogP contribution in [-0.4, -0.2) is 20.2 Å². The summed E-state index contributed by atoms with van der Waals surface area (Å²) >= 11 is 5.72. The maximum Gasteiger partial charge on any atom is 0.280 e. The molecule has 0 spiro atoms. The Labute approximate surface area is 124 Å². The van der Waals surface area contributed by atoms with E-state index in [1.165, 1.54) is 18.3 Å². The summed E-state index contributed by atoms with van der Waals surface area (Å²) in [5.74, 6) is -0.227. The Bertz CT molecular complexity index is 791. The second-order valence-corrected chi connectivity index (χ2v) is 4.68. The molecule has 0 fully saturated rings. The second-order valence-electron chi connectivity index (χ2n) is 4.28. The summed E-state index contributed by atoms with van der Waals surface area (Å²) in [4.78, 5) is 8.06. The van der Waals surface area contributed by atoms with Crippen LogP contribution in [0.1, 0.15) is 11.4 Å². The van der Waals surface area contributed by atoms with Gasteiger partial charge in [0.1, 0.15) is 11.6 Å². The van der Waals surface area contributed by atoms with E-state index in [9.17, 15) is 9.50 Å². The number of hydrogen-bond acceptors (Lipinski definition) is 5. The van der Waals surface area contributed by atoms with Gasteiger partial charge in [-0.3, -0.25) is 0 Å². The molecular weight excluding hydrogens is 297 g/mol. The third kappa shape index (κ3) is 2.71. The molecule has 3 aromatic rings. The van der Waals surface area contributed by atoms with E-state index in [1.54, 1.807) is 18.2 Å². The van der Waals surface area contributed by atoms with Gasteiger partial charge in [0.25, 0.3) is 5.89 Å². The number of aromatic nitrogens is 3. The molecule has 106 valence electrons. The molecule has 0 aliphatic rings. The first-order valence-electron chi connectivity index (χ1n) is 6.05. The first kappa shape index (κ1) is 13.5. The van der Waals surface area contributed by atoms with Crippen LogP contribution in [0.5, 0.6) is 5.75 Å². The summed E-state index contributed by atoms with van der Waals surface area (Å²) in [6.07, 6.45) is 1.62. The Morgan fingerprint density at radius 3 is 2.90 bits per heavy atom. The lowest BCUT2D eigenvalue weighted by molar-refractivity contribution is 0.416. The van der Waals surface area contributed by atoms with Gasteiger partial charge < -0.3 is 9.63 Å². The number of pyridine rings is 1. The molecule has 2 heterocycles. The van der Waals surface area contributed by atoms with E-state index in [0.717, 1.165) is 0 Å². The van der Waals surface area contributed by atoms with Crippen LogP contribution in [0.15, 0.2) is 41.1 Å². The van der Waals surface area contributed by atoms with Gasteiger partial charge >= 0.3 is 0 Å². The van der Waals surface area contributed by atoms with Crippen molar-refractivity contribution in [2.24, 2.45) is 0 Å². The van der Waals surface area contributed by atoms with Crippen LogP contribution in [0, 0.1) is 5.82 Å². The molecular formula is C14H9ClFN3O2. The molecule has 21 heavy (non-hydrogen) atoms. The van der Waals surface area contributed by atoms with E-state index in [-0.39, 0.29) is 34.6 Å². The van der Waals surface area contributed by atoms with Crippen molar-refractivity contribution in [2.75, 3.05) is 0 Å². The fourth-order valence-electron chi connectivity index (χ4n) is 1.84. The topological polar surface area (TPSA) is 72.0 Å².